The first-order chi connectivity index (χ1) is 8.01. The molecule has 94 valence electrons. The van der Waals surface area contributed by atoms with E-state index in [2.05, 4.69) is 0 Å². The van der Waals surface area contributed by atoms with Gasteiger partial charge in [0.15, 0.2) is 11.6 Å². The molecule has 6 heteroatoms. The highest BCUT2D eigenvalue weighted by Crippen LogP contribution is 2.23. The molecule has 0 spiro atoms. The third kappa shape index (κ3) is 2.91. The molecule has 1 amide bonds. The van der Waals surface area contributed by atoms with Gasteiger partial charge in [-0.3, -0.25) is 4.79 Å². The van der Waals surface area contributed by atoms with E-state index >= 15 is 0 Å². The molecule has 1 aromatic rings. The van der Waals surface area contributed by atoms with E-state index in [1.165, 1.54) is 17.0 Å². The van der Waals surface area contributed by atoms with E-state index in [0.29, 0.717) is 6.54 Å². The molecule has 0 aliphatic carbocycles. The predicted octanol–water partition coefficient (Wildman–Crippen LogP) is 0.735. The lowest BCUT2D eigenvalue weighted by atomic mass is 10.1. The van der Waals surface area contributed by atoms with E-state index in [0.717, 1.165) is 0 Å². The fraction of sp³-hybridized carbons (Fsp3) is 0.364. The average molecular weight is 243 g/mol. The molecule has 0 saturated heterocycles. The van der Waals surface area contributed by atoms with E-state index in [1.54, 1.807) is 6.92 Å². The first kappa shape index (κ1) is 13.4. The summed E-state index contributed by atoms with van der Waals surface area (Å²) in [6.07, 6.45) is 0. The third-order valence-corrected chi connectivity index (χ3v) is 2.43. The van der Waals surface area contributed by atoms with Crippen molar-refractivity contribution >= 4 is 11.6 Å². The van der Waals surface area contributed by atoms with Crippen LogP contribution in [-0.2, 0) is 11.3 Å². The highest BCUT2D eigenvalue weighted by molar-refractivity contribution is 5.79. The van der Waals surface area contributed by atoms with Crippen molar-refractivity contribution in [3.05, 3.63) is 29.3 Å². The number of benzene rings is 1. The molecule has 0 fully saturated rings. The van der Waals surface area contributed by atoms with Gasteiger partial charge in [-0.2, -0.15) is 0 Å². The van der Waals surface area contributed by atoms with Crippen molar-refractivity contribution in [1.29, 1.82) is 0 Å². The van der Waals surface area contributed by atoms with Gasteiger partial charge in [0.2, 0.25) is 5.91 Å². The van der Waals surface area contributed by atoms with Crippen LogP contribution in [0.4, 0.5) is 14.5 Å². The van der Waals surface area contributed by atoms with Crippen LogP contribution in [0.25, 0.3) is 0 Å². The zero-order valence-electron chi connectivity index (χ0n) is 9.54. The van der Waals surface area contributed by atoms with Gasteiger partial charge in [0, 0.05) is 18.7 Å². The molecule has 0 aliphatic rings. The van der Waals surface area contributed by atoms with E-state index in [4.69, 9.17) is 11.5 Å². The summed E-state index contributed by atoms with van der Waals surface area (Å²) >= 11 is 0. The minimum atomic E-state index is -1.00. The number of carbonyl (C=O) groups is 1. The maximum Gasteiger partial charge on any atom is 0.236 e. The van der Waals surface area contributed by atoms with Gasteiger partial charge in [-0.1, -0.05) is 6.07 Å². The topological polar surface area (TPSA) is 72.3 Å². The molecule has 0 aliphatic heterocycles. The minimum absolute atomic E-state index is 0.0148. The molecule has 1 rings (SSSR count). The lowest BCUT2D eigenvalue weighted by Crippen LogP contribution is -2.34. The largest absolute Gasteiger partial charge is 0.368 e. The van der Waals surface area contributed by atoms with Crippen LogP contribution in [0.3, 0.4) is 0 Å². The quantitative estimate of drug-likeness (QED) is 0.801. The summed E-state index contributed by atoms with van der Waals surface area (Å²) in [5, 5.41) is 0. The van der Waals surface area contributed by atoms with Crippen molar-refractivity contribution < 1.29 is 13.6 Å². The van der Waals surface area contributed by atoms with Crippen LogP contribution in [0.1, 0.15) is 12.5 Å². The number of primary amides is 1. The Kier molecular flexibility index (Phi) is 4.39. The molecule has 0 radical (unpaired) electrons. The van der Waals surface area contributed by atoms with Crippen molar-refractivity contribution in [3.63, 3.8) is 0 Å². The Bertz CT molecular complexity index is 423. The lowest BCUT2D eigenvalue weighted by Gasteiger charge is -2.22. The van der Waals surface area contributed by atoms with Gasteiger partial charge in [-0.15, -0.1) is 0 Å². The molecule has 0 bridgehead atoms. The first-order valence-corrected chi connectivity index (χ1v) is 5.21. The van der Waals surface area contributed by atoms with Crippen LogP contribution in [0.2, 0.25) is 0 Å². The van der Waals surface area contributed by atoms with Crippen LogP contribution in [0.15, 0.2) is 12.1 Å². The summed E-state index contributed by atoms with van der Waals surface area (Å²) in [5.74, 6) is -2.58. The fourth-order valence-electron chi connectivity index (χ4n) is 1.54. The molecule has 0 saturated carbocycles. The number of amides is 1. The number of hydrogen-bond acceptors (Lipinski definition) is 3. The molecule has 17 heavy (non-hydrogen) atoms. The summed E-state index contributed by atoms with van der Waals surface area (Å²) in [7, 11) is 0. The Morgan fingerprint density at radius 3 is 2.47 bits per heavy atom. The van der Waals surface area contributed by atoms with Crippen molar-refractivity contribution in [2.75, 3.05) is 18.0 Å². The maximum atomic E-state index is 13.7. The smallest absolute Gasteiger partial charge is 0.236 e. The Morgan fingerprint density at radius 1 is 1.35 bits per heavy atom. The number of carbonyl (C=O) groups excluding carboxylic acids is 1. The normalized spacial score (nSPS) is 10.4. The maximum absolute atomic E-state index is 13.7. The molecular formula is C11H15F2N3O. The summed E-state index contributed by atoms with van der Waals surface area (Å²) in [6, 6.07) is 2.80. The third-order valence-electron chi connectivity index (χ3n) is 2.43. The van der Waals surface area contributed by atoms with Crippen LogP contribution >= 0.6 is 0 Å². The molecule has 0 heterocycles. The average Bonchev–Trinajstić information content (AvgIpc) is 2.29. The zero-order valence-corrected chi connectivity index (χ0v) is 9.54. The molecule has 4 N–H and O–H groups in total. The Hall–Kier alpha value is -1.69. The summed E-state index contributed by atoms with van der Waals surface area (Å²) in [6.45, 7) is 1.83. The summed E-state index contributed by atoms with van der Waals surface area (Å²) < 4.78 is 27.2. The Labute approximate surface area is 98.2 Å². The van der Waals surface area contributed by atoms with E-state index in [1.807, 2.05) is 0 Å². The first-order valence-electron chi connectivity index (χ1n) is 5.21. The van der Waals surface area contributed by atoms with Gasteiger partial charge >= 0.3 is 0 Å². The van der Waals surface area contributed by atoms with Gasteiger partial charge in [-0.05, 0) is 13.0 Å². The molecule has 1 aromatic carbocycles. The van der Waals surface area contributed by atoms with E-state index < -0.39 is 17.5 Å². The van der Waals surface area contributed by atoms with Gasteiger partial charge < -0.3 is 16.4 Å². The highest BCUT2D eigenvalue weighted by atomic mass is 19.2. The predicted molar refractivity (Wildman–Crippen MR) is 61.3 cm³/mol. The number of nitrogens with zero attached hydrogens (tertiary/aromatic N) is 1. The molecule has 0 atom stereocenters. The zero-order chi connectivity index (χ0) is 13.0. The number of anilines is 1. The van der Waals surface area contributed by atoms with Gasteiger partial charge in [0.1, 0.15) is 0 Å². The summed E-state index contributed by atoms with van der Waals surface area (Å²) in [4.78, 5) is 12.2. The standard InChI is InChI=1S/C11H15F2N3O/c1-2-16(6-9(15)17)8-4-3-7(5-14)10(12)11(8)13/h3-4H,2,5-6,14H2,1H3,(H2,15,17). The van der Waals surface area contributed by atoms with Crippen LogP contribution in [-0.4, -0.2) is 19.0 Å². The SMILES string of the molecule is CCN(CC(N)=O)c1ccc(CN)c(F)c1F. The Balaban J connectivity index is 3.12. The van der Waals surface area contributed by atoms with Crippen molar-refractivity contribution in [2.24, 2.45) is 11.5 Å². The van der Waals surface area contributed by atoms with Crippen molar-refractivity contribution in [3.8, 4) is 0 Å². The molecular weight excluding hydrogens is 228 g/mol. The second-order valence-corrected chi connectivity index (χ2v) is 3.56. The number of rotatable bonds is 5. The lowest BCUT2D eigenvalue weighted by molar-refractivity contribution is -0.116. The molecule has 0 aromatic heterocycles. The highest BCUT2D eigenvalue weighted by Gasteiger charge is 2.17. The number of likely N-dealkylation sites (N-methyl/N-ethyl adjacent to an activating group) is 1. The second-order valence-electron chi connectivity index (χ2n) is 3.56. The van der Waals surface area contributed by atoms with Gasteiger partial charge in [0.05, 0.1) is 12.2 Å². The monoisotopic (exact) mass is 243 g/mol. The number of halogens is 2. The van der Waals surface area contributed by atoms with Crippen LogP contribution in [0.5, 0.6) is 0 Å². The van der Waals surface area contributed by atoms with Crippen LogP contribution in [0, 0.1) is 11.6 Å². The van der Waals surface area contributed by atoms with Crippen LogP contribution < -0.4 is 16.4 Å². The van der Waals surface area contributed by atoms with E-state index in [9.17, 15) is 13.6 Å². The molecule has 4 nitrogen and oxygen atoms in total. The van der Waals surface area contributed by atoms with Gasteiger partial charge in [-0.25, -0.2) is 8.78 Å². The fourth-order valence-corrected chi connectivity index (χ4v) is 1.54. The summed E-state index contributed by atoms with van der Waals surface area (Å²) in [5.41, 5.74) is 10.4. The second kappa shape index (κ2) is 5.58. The van der Waals surface area contributed by atoms with Gasteiger partial charge in [0.25, 0.3) is 0 Å². The van der Waals surface area contributed by atoms with Crippen molar-refractivity contribution in [2.45, 2.75) is 13.5 Å². The van der Waals surface area contributed by atoms with Crippen molar-refractivity contribution in [1.82, 2.24) is 0 Å². The van der Waals surface area contributed by atoms with E-state index in [-0.39, 0.29) is 24.3 Å². The molecule has 0 unspecified atom stereocenters. The number of hydrogen-bond donors (Lipinski definition) is 2. The number of nitrogens with two attached hydrogens (primary N) is 2. The Morgan fingerprint density at radius 2 is 2.00 bits per heavy atom. The minimum Gasteiger partial charge on any atom is -0.368 e.